The molecular formula is C20H22N2O4. The molecule has 136 valence electrons. The summed E-state index contributed by atoms with van der Waals surface area (Å²) < 4.78 is 10.5. The fourth-order valence-electron chi connectivity index (χ4n) is 3.43. The van der Waals surface area contributed by atoms with E-state index in [0.29, 0.717) is 17.2 Å². The SMILES string of the molecule is COc1cc(NC(=O)[C@H]2CCCc3ccccc32)c(C(N)=O)cc1OC. The van der Waals surface area contributed by atoms with Gasteiger partial charge in [0.2, 0.25) is 5.91 Å². The maximum atomic E-state index is 12.9. The minimum absolute atomic E-state index is 0.160. The third kappa shape index (κ3) is 3.35. The van der Waals surface area contributed by atoms with Gasteiger partial charge in [-0.3, -0.25) is 9.59 Å². The van der Waals surface area contributed by atoms with Gasteiger partial charge in [0, 0.05) is 6.07 Å². The second-order valence-corrected chi connectivity index (χ2v) is 6.25. The predicted molar refractivity (Wildman–Crippen MR) is 98.8 cm³/mol. The van der Waals surface area contributed by atoms with Gasteiger partial charge in [0.1, 0.15) is 0 Å². The highest BCUT2D eigenvalue weighted by atomic mass is 16.5. The Morgan fingerprint density at radius 2 is 1.81 bits per heavy atom. The number of carbonyl (C=O) groups is 2. The molecule has 3 rings (SSSR count). The molecule has 2 aromatic carbocycles. The number of benzene rings is 2. The van der Waals surface area contributed by atoms with Crippen molar-refractivity contribution < 1.29 is 19.1 Å². The number of nitrogens with two attached hydrogens (primary N) is 1. The Kier molecular flexibility index (Phi) is 5.11. The van der Waals surface area contributed by atoms with Gasteiger partial charge in [0.05, 0.1) is 31.4 Å². The molecule has 0 aliphatic heterocycles. The van der Waals surface area contributed by atoms with Crippen LogP contribution in [0.25, 0.3) is 0 Å². The van der Waals surface area contributed by atoms with Crippen LogP contribution in [0.1, 0.15) is 40.2 Å². The van der Waals surface area contributed by atoms with Crippen LogP contribution in [0.2, 0.25) is 0 Å². The lowest BCUT2D eigenvalue weighted by molar-refractivity contribution is -0.117. The molecule has 2 amide bonds. The highest BCUT2D eigenvalue weighted by molar-refractivity contribution is 6.05. The van der Waals surface area contributed by atoms with Gasteiger partial charge in [-0.15, -0.1) is 0 Å². The van der Waals surface area contributed by atoms with Gasteiger partial charge >= 0.3 is 0 Å². The first-order valence-corrected chi connectivity index (χ1v) is 8.49. The van der Waals surface area contributed by atoms with Gasteiger partial charge in [-0.25, -0.2) is 0 Å². The summed E-state index contributed by atoms with van der Waals surface area (Å²) in [6.45, 7) is 0. The van der Waals surface area contributed by atoms with E-state index < -0.39 is 5.91 Å². The Balaban J connectivity index is 1.94. The zero-order valence-electron chi connectivity index (χ0n) is 14.9. The molecule has 0 unspecified atom stereocenters. The second kappa shape index (κ2) is 7.47. The minimum Gasteiger partial charge on any atom is -0.493 e. The largest absolute Gasteiger partial charge is 0.493 e. The molecule has 26 heavy (non-hydrogen) atoms. The molecule has 0 saturated heterocycles. The normalized spacial score (nSPS) is 15.7. The van der Waals surface area contributed by atoms with Crippen LogP contribution in [0.5, 0.6) is 11.5 Å². The summed E-state index contributed by atoms with van der Waals surface area (Å²) in [6, 6.07) is 11.0. The number of amides is 2. The number of hydrogen-bond donors (Lipinski definition) is 2. The summed E-state index contributed by atoms with van der Waals surface area (Å²) in [6.07, 6.45) is 2.69. The molecule has 1 aliphatic carbocycles. The average molecular weight is 354 g/mol. The van der Waals surface area contributed by atoms with Gasteiger partial charge in [-0.2, -0.15) is 0 Å². The van der Waals surface area contributed by atoms with Crippen LogP contribution in [0.4, 0.5) is 5.69 Å². The fourth-order valence-corrected chi connectivity index (χ4v) is 3.43. The minimum atomic E-state index is -0.648. The number of ether oxygens (including phenoxy) is 2. The summed E-state index contributed by atoms with van der Waals surface area (Å²) in [7, 11) is 2.96. The zero-order valence-corrected chi connectivity index (χ0v) is 14.9. The van der Waals surface area contributed by atoms with E-state index in [1.165, 1.54) is 25.8 Å². The van der Waals surface area contributed by atoms with Gasteiger partial charge in [0.15, 0.2) is 11.5 Å². The van der Waals surface area contributed by atoms with Crippen molar-refractivity contribution in [1.29, 1.82) is 0 Å². The van der Waals surface area contributed by atoms with Crippen LogP contribution in [-0.2, 0) is 11.2 Å². The molecule has 6 heteroatoms. The summed E-state index contributed by atoms with van der Waals surface area (Å²) in [5.74, 6) is -0.273. The van der Waals surface area contributed by atoms with Gasteiger partial charge in [0.25, 0.3) is 5.91 Å². The molecule has 6 nitrogen and oxygen atoms in total. The summed E-state index contributed by atoms with van der Waals surface area (Å²) in [5.41, 5.74) is 8.21. The predicted octanol–water partition coefficient (Wildman–Crippen LogP) is 2.86. The van der Waals surface area contributed by atoms with Crippen molar-refractivity contribution in [2.75, 3.05) is 19.5 Å². The monoisotopic (exact) mass is 354 g/mol. The smallest absolute Gasteiger partial charge is 0.250 e. The second-order valence-electron chi connectivity index (χ2n) is 6.25. The van der Waals surface area contributed by atoms with Crippen molar-refractivity contribution >= 4 is 17.5 Å². The van der Waals surface area contributed by atoms with E-state index in [1.807, 2.05) is 18.2 Å². The average Bonchev–Trinajstić information content (AvgIpc) is 2.66. The Bertz CT molecular complexity index is 848. The molecule has 0 heterocycles. The molecule has 0 bridgehead atoms. The number of rotatable bonds is 5. The van der Waals surface area contributed by atoms with Crippen molar-refractivity contribution in [3.63, 3.8) is 0 Å². The molecular weight excluding hydrogens is 332 g/mol. The van der Waals surface area contributed by atoms with E-state index in [2.05, 4.69) is 11.4 Å². The molecule has 0 radical (unpaired) electrons. The van der Waals surface area contributed by atoms with Gasteiger partial charge in [-0.1, -0.05) is 24.3 Å². The summed E-state index contributed by atoms with van der Waals surface area (Å²) in [5, 5.41) is 2.85. The quantitative estimate of drug-likeness (QED) is 0.864. The Hall–Kier alpha value is -3.02. The molecule has 0 spiro atoms. The van der Waals surface area contributed by atoms with Crippen LogP contribution in [-0.4, -0.2) is 26.0 Å². The van der Waals surface area contributed by atoms with E-state index >= 15 is 0 Å². The van der Waals surface area contributed by atoms with Crippen molar-refractivity contribution in [1.82, 2.24) is 0 Å². The van der Waals surface area contributed by atoms with E-state index in [4.69, 9.17) is 15.2 Å². The molecule has 0 fully saturated rings. The van der Waals surface area contributed by atoms with Gasteiger partial charge in [-0.05, 0) is 36.5 Å². The first kappa shape index (κ1) is 17.8. The van der Waals surface area contributed by atoms with Crippen molar-refractivity contribution in [2.45, 2.75) is 25.2 Å². The van der Waals surface area contributed by atoms with Crippen molar-refractivity contribution in [3.8, 4) is 11.5 Å². The molecule has 1 aliphatic rings. The fraction of sp³-hybridized carbons (Fsp3) is 0.300. The number of hydrogen-bond acceptors (Lipinski definition) is 4. The van der Waals surface area contributed by atoms with Crippen molar-refractivity contribution in [2.24, 2.45) is 5.73 Å². The molecule has 0 saturated carbocycles. The van der Waals surface area contributed by atoms with E-state index in [1.54, 1.807) is 6.07 Å². The third-order valence-corrected chi connectivity index (χ3v) is 4.73. The van der Waals surface area contributed by atoms with E-state index in [0.717, 1.165) is 24.8 Å². The summed E-state index contributed by atoms with van der Waals surface area (Å²) >= 11 is 0. The van der Waals surface area contributed by atoms with E-state index in [9.17, 15) is 9.59 Å². The van der Waals surface area contributed by atoms with Crippen LogP contribution in [0.3, 0.4) is 0 Å². The third-order valence-electron chi connectivity index (χ3n) is 4.73. The number of anilines is 1. The van der Waals surface area contributed by atoms with Gasteiger partial charge < -0.3 is 20.5 Å². The molecule has 3 N–H and O–H groups in total. The zero-order chi connectivity index (χ0) is 18.7. The lowest BCUT2D eigenvalue weighted by atomic mass is 9.82. The standard InChI is InChI=1S/C20H22N2O4/c1-25-17-10-15(19(21)23)16(11-18(17)26-2)22-20(24)14-9-5-7-12-6-3-4-8-13(12)14/h3-4,6,8,10-11,14H,5,7,9H2,1-2H3,(H2,21,23)(H,22,24)/t14-/m0/s1. The topological polar surface area (TPSA) is 90.6 Å². The number of nitrogens with one attached hydrogen (secondary N) is 1. The molecule has 0 aromatic heterocycles. The molecule has 2 aromatic rings. The highest BCUT2D eigenvalue weighted by Gasteiger charge is 2.27. The number of fused-ring (bicyclic) bond motifs is 1. The van der Waals surface area contributed by atoms with Crippen molar-refractivity contribution in [3.05, 3.63) is 53.1 Å². The van der Waals surface area contributed by atoms with Crippen LogP contribution in [0.15, 0.2) is 36.4 Å². The first-order valence-electron chi connectivity index (χ1n) is 8.49. The first-order chi connectivity index (χ1) is 12.5. The Morgan fingerprint density at radius 3 is 2.50 bits per heavy atom. The van der Waals surface area contributed by atoms with E-state index in [-0.39, 0.29) is 17.4 Å². The Labute approximate surface area is 152 Å². The highest BCUT2D eigenvalue weighted by Crippen LogP contribution is 2.36. The van der Waals surface area contributed by atoms with Crippen LogP contribution in [0, 0.1) is 0 Å². The number of carbonyl (C=O) groups excluding carboxylic acids is 2. The Morgan fingerprint density at radius 1 is 1.12 bits per heavy atom. The molecule has 1 atom stereocenters. The maximum Gasteiger partial charge on any atom is 0.250 e. The lowest BCUT2D eigenvalue weighted by Gasteiger charge is -2.25. The summed E-state index contributed by atoms with van der Waals surface area (Å²) in [4.78, 5) is 24.7. The number of aryl methyl sites for hydroxylation is 1. The number of methoxy groups -OCH3 is 2. The number of primary amides is 1. The van der Waals surface area contributed by atoms with Crippen LogP contribution >= 0.6 is 0 Å². The van der Waals surface area contributed by atoms with Crippen LogP contribution < -0.4 is 20.5 Å². The lowest BCUT2D eigenvalue weighted by Crippen LogP contribution is -2.26. The maximum absolute atomic E-state index is 12.9.